The van der Waals surface area contributed by atoms with Gasteiger partial charge in [-0.2, -0.15) is 0 Å². The Kier molecular flexibility index (Phi) is 0.588. The lowest BCUT2D eigenvalue weighted by molar-refractivity contribution is 0.0284. The fraction of sp³-hybridized carbons (Fsp3) is 0.750. The van der Waals surface area contributed by atoms with Crippen molar-refractivity contribution < 1.29 is 0 Å². The Morgan fingerprint density at radius 1 is 1.62 bits per heavy atom. The summed E-state index contributed by atoms with van der Waals surface area (Å²) in [5, 5.41) is 0. The first kappa shape index (κ1) is 4.60. The Morgan fingerprint density at radius 2 is 2.38 bits per heavy atom. The molecule has 8 heavy (non-hydrogen) atoms. The second-order valence-electron chi connectivity index (χ2n) is 3.47. The SMILES string of the molecule is CC1CC2C=CC12C. The second kappa shape index (κ2) is 1.02. The summed E-state index contributed by atoms with van der Waals surface area (Å²) in [6.45, 7) is 4.71. The zero-order valence-electron chi connectivity index (χ0n) is 5.52. The van der Waals surface area contributed by atoms with Crippen LogP contribution in [-0.4, -0.2) is 0 Å². The Balaban J connectivity index is 2.26. The van der Waals surface area contributed by atoms with E-state index in [1.54, 1.807) is 0 Å². The lowest BCUT2D eigenvalue weighted by atomic mass is 9.49. The summed E-state index contributed by atoms with van der Waals surface area (Å²) in [5.41, 5.74) is 0.639. The highest BCUT2D eigenvalue weighted by molar-refractivity contribution is 5.24. The molecule has 44 valence electrons. The summed E-state index contributed by atoms with van der Waals surface area (Å²) < 4.78 is 0. The maximum atomic E-state index is 2.37. The molecular formula is C8H12. The predicted octanol–water partition coefficient (Wildman–Crippen LogP) is 2.22. The number of hydrogen-bond donors (Lipinski definition) is 0. The van der Waals surface area contributed by atoms with Crippen LogP contribution in [0.4, 0.5) is 0 Å². The summed E-state index contributed by atoms with van der Waals surface area (Å²) in [7, 11) is 0. The molecule has 0 aromatic heterocycles. The summed E-state index contributed by atoms with van der Waals surface area (Å²) in [4.78, 5) is 0. The molecular weight excluding hydrogens is 96.1 g/mol. The van der Waals surface area contributed by atoms with Gasteiger partial charge in [0.15, 0.2) is 0 Å². The van der Waals surface area contributed by atoms with Gasteiger partial charge < -0.3 is 0 Å². The molecule has 1 saturated carbocycles. The second-order valence-corrected chi connectivity index (χ2v) is 3.47. The van der Waals surface area contributed by atoms with Gasteiger partial charge in [0.1, 0.15) is 0 Å². The van der Waals surface area contributed by atoms with Crippen LogP contribution in [0.5, 0.6) is 0 Å². The molecule has 2 aliphatic rings. The molecule has 0 bridgehead atoms. The molecule has 2 aliphatic carbocycles. The maximum Gasteiger partial charge on any atom is -0.00578 e. The van der Waals surface area contributed by atoms with E-state index >= 15 is 0 Å². The third-order valence-electron chi connectivity index (χ3n) is 3.16. The minimum atomic E-state index is 0.639. The van der Waals surface area contributed by atoms with Crippen molar-refractivity contribution in [3.05, 3.63) is 12.2 Å². The largest absolute Gasteiger partial charge is 0.0840 e. The number of allylic oxidation sites excluding steroid dienone is 2. The Morgan fingerprint density at radius 3 is 2.38 bits per heavy atom. The van der Waals surface area contributed by atoms with E-state index in [1.165, 1.54) is 6.42 Å². The molecule has 0 heterocycles. The average Bonchev–Trinajstić information content (AvgIpc) is 1.79. The van der Waals surface area contributed by atoms with Gasteiger partial charge in [-0.25, -0.2) is 0 Å². The topological polar surface area (TPSA) is 0 Å². The molecule has 0 aliphatic heterocycles. The van der Waals surface area contributed by atoms with Crippen molar-refractivity contribution in [2.24, 2.45) is 17.3 Å². The van der Waals surface area contributed by atoms with Crippen LogP contribution in [0.25, 0.3) is 0 Å². The fourth-order valence-corrected chi connectivity index (χ4v) is 1.87. The minimum absolute atomic E-state index is 0.639. The Hall–Kier alpha value is -0.260. The molecule has 3 atom stereocenters. The van der Waals surface area contributed by atoms with Gasteiger partial charge in [0.05, 0.1) is 0 Å². The highest BCUT2D eigenvalue weighted by Crippen LogP contribution is 2.58. The highest BCUT2D eigenvalue weighted by Gasteiger charge is 2.50. The van der Waals surface area contributed by atoms with Crippen LogP contribution in [0.15, 0.2) is 12.2 Å². The third-order valence-corrected chi connectivity index (χ3v) is 3.16. The molecule has 0 aromatic carbocycles. The molecule has 0 N–H and O–H groups in total. The number of rotatable bonds is 0. The molecule has 0 spiro atoms. The number of fused-ring (bicyclic) bond motifs is 1. The number of hydrogen-bond acceptors (Lipinski definition) is 0. The molecule has 0 heteroatoms. The standard InChI is InChI=1S/C8H12/c1-6-5-7-3-4-8(6,7)2/h3-4,6-7H,5H2,1-2H3. The van der Waals surface area contributed by atoms with Gasteiger partial charge in [0, 0.05) is 0 Å². The first-order chi connectivity index (χ1) is 3.73. The molecule has 3 unspecified atom stereocenters. The van der Waals surface area contributed by atoms with Crippen molar-refractivity contribution in [1.29, 1.82) is 0 Å². The molecule has 2 rings (SSSR count). The maximum absolute atomic E-state index is 2.37. The van der Waals surface area contributed by atoms with Gasteiger partial charge in [-0.05, 0) is 23.7 Å². The van der Waals surface area contributed by atoms with Crippen LogP contribution in [0.2, 0.25) is 0 Å². The van der Waals surface area contributed by atoms with Crippen molar-refractivity contribution in [3.8, 4) is 0 Å². The van der Waals surface area contributed by atoms with Gasteiger partial charge in [-0.3, -0.25) is 0 Å². The summed E-state index contributed by atoms with van der Waals surface area (Å²) in [6, 6.07) is 0. The Labute approximate surface area is 50.6 Å². The lowest BCUT2D eigenvalue weighted by Crippen LogP contribution is -2.48. The quantitative estimate of drug-likeness (QED) is 0.417. The molecule has 0 nitrogen and oxygen atoms in total. The average molecular weight is 108 g/mol. The van der Waals surface area contributed by atoms with Crippen molar-refractivity contribution in [3.63, 3.8) is 0 Å². The van der Waals surface area contributed by atoms with Gasteiger partial charge >= 0.3 is 0 Å². The van der Waals surface area contributed by atoms with E-state index in [4.69, 9.17) is 0 Å². The first-order valence-corrected chi connectivity index (χ1v) is 3.43. The van der Waals surface area contributed by atoms with Gasteiger partial charge in [0.2, 0.25) is 0 Å². The summed E-state index contributed by atoms with van der Waals surface area (Å²) in [6.07, 6.45) is 6.15. The highest BCUT2D eigenvalue weighted by atomic mass is 14.5. The fourth-order valence-electron chi connectivity index (χ4n) is 1.87. The molecule has 1 fully saturated rings. The van der Waals surface area contributed by atoms with E-state index in [2.05, 4.69) is 26.0 Å². The van der Waals surface area contributed by atoms with Crippen LogP contribution in [0.1, 0.15) is 20.3 Å². The predicted molar refractivity (Wildman–Crippen MR) is 34.5 cm³/mol. The monoisotopic (exact) mass is 108 g/mol. The summed E-state index contributed by atoms with van der Waals surface area (Å²) >= 11 is 0. The minimum Gasteiger partial charge on any atom is -0.0840 e. The third kappa shape index (κ3) is 0.273. The van der Waals surface area contributed by atoms with Crippen LogP contribution < -0.4 is 0 Å². The zero-order valence-corrected chi connectivity index (χ0v) is 5.52. The van der Waals surface area contributed by atoms with Gasteiger partial charge in [-0.15, -0.1) is 0 Å². The van der Waals surface area contributed by atoms with E-state index in [-0.39, 0.29) is 0 Å². The smallest absolute Gasteiger partial charge is 0.00578 e. The van der Waals surface area contributed by atoms with Gasteiger partial charge in [-0.1, -0.05) is 26.0 Å². The molecule has 0 saturated heterocycles. The molecule has 0 amide bonds. The van der Waals surface area contributed by atoms with Gasteiger partial charge in [0.25, 0.3) is 0 Å². The summed E-state index contributed by atoms with van der Waals surface area (Å²) in [5.74, 6) is 1.91. The van der Waals surface area contributed by atoms with Crippen LogP contribution in [0, 0.1) is 17.3 Å². The van der Waals surface area contributed by atoms with Crippen molar-refractivity contribution >= 4 is 0 Å². The first-order valence-electron chi connectivity index (χ1n) is 3.43. The molecule has 0 aromatic rings. The van der Waals surface area contributed by atoms with E-state index in [9.17, 15) is 0 Å². The van der Waals surface area contributed by atoms with Crippen LogP contribution in [0.3, 0.4) is 0 Å². The van der Waals surface area contributed by atoms with Crippen molar-refractivity contribution in [2.45, 2.75) is 20.3 Å². The van der Waals surface area contributed by atoms with E-state index in [0.29, 0.717) is 5.41 Å². The van der Waals surface area contributed by atoms with E-state index in [0.717, 1.165) is 11.8 Å². The van der Waals surface area contributed by atoms with Crippen LogP contribution >= 0.6 is 0 Å². The molecule has 0 radical (unpaired) electrons. The van der Waals surface area contributed by atoms with Crippen molar-refractivity contribution in [2.75, 3.05) is 0 Å². The van der Waals surface area contributed by atoms with E-state index < -0.39 is 0 Å². The zero-order chi connectivity index (χ0) is 5.78. The normalized spacial score (nSPS) is 58.8. The van der Waals surface area contributed by atoms with Crippen molar-refractivity contribution in [1.82, 2.24) is 0 Å². The van der Waals surface area contributed by atoms with E-state index in [1.807, 2.05) is 0 Å². The Bertz CT molecular complexity index is 146. The lowest BCUT2D eigenvalue weighted by Gasteiger charge is -2.56. The van der Waals surface area contributed by atoms with Crippen LogP contribution in [-0.2, 0) is 0 Å².